The van der Waals surface area contributed by atoms with Crippen LogP contribution in [-0.4, -0.2) is 29.0 Å². The smallest absolute Gasteiger partial charge is 0.164 e. The lowest BCUT2D eigenvalue weighted by Gasteiger charge is -2.15. The van der Waals surface area contributed by atoms with E-state index in [0.717, 1.165) is 41.7 Å². The van der Waals surface area contributed by atoms with Gasteiger partial charge in [-0.15, -0.1) is 10.2 Å². The molecule has 1 aliphatic heterocycles. The molecule has 0 aliphatic carbocycles. The molecule has 0 amide bonds. The van der Waals surface area contributed by atoms with E-state index >= 15 is 0 Å². The lowest BCUT2D eigenvalue weighted by atomic mass is 10.1. The summed E-state index contributed by atoms with van der Waals surface area (Å²) in [7, 11) is 3.30. The molecule has 1 aromatic carbocycles. The van der Waals surface area contributed by atoms with E-state index in [1.165, 1.54) is 12.8 Å². The molecule has 19 heavy (non-hydrogen) atoms. The Kier molecular flexibility index (Phi) is 3.11. The number of nitrogens with zero attached hydrogens (tertiary/aromatic N) is 3. The Balaban J connectivity index is 2.08. The van der Waals surface area contributed by atoms with Crippen molar-refractivity contribution in [2.75, 3.05) is 14.2 Å². The first-order chi connectivity index (χ1) is 9.31. The van der Waals surface area contributed by atoms with Gasteiger partial charge in [0.2, 0.25) is 0 Å². The number of hydrogen-bond acceptors (Lipinski definition) is 4. The van der Waals surface area contributed by atoms with Crippen molar-refractivity contribution in [1.29, 1.82) is 0 Å². The first-order valence-corrected chi connectivity index (χ1v) is 6.47. The zero-order valence-corrected chi connectivity index (χ0v) is 11.2. The predicted molar refractivity (Wildman–Crippen MR) is 71.5 cm³/mol. The second-order valence-corrected chi connectivity index (χ2v) is 4.65. The van der Waals surface area contributed by atoms with Crippen molar-refractivity contribution < 1.29 is 9.47 Å². The summed E-state index contributed by atoms with van der Waals surface area (Å²) in [6.07, 6.45) is 3.38. The summed E-state index contributed by atoms with van der Waals surface area (Å²) < 4.78 is 12.8. The Hall–Kier alpha value is -2.04. The van der Waals surface area contributed by atoms with Crippen molar-refractivity contribution >= 4 is 0 Å². The fraction of sp³-hybridized carbons (Fsp3) is 0.429. The zero-order valence-electron chi connectivity index (χ0n) is 11.2. The van der Waals surface area contributed by atoms with E-state index < -0.39 is 0 Å². The van der Waals surface area contributed by atoms with E-state index in [0.29, 0.717) is 0 Å². The lowest BCUT2D eigenvalue weighted by Crippen LogP contribution is -2.11. The molecule has 0 radical (unpaired) electrons. The van der Waals surface area contributed by atoms with Crippen molar-refractivity contribution in [2.24, 2.45) is 0 Å². The molecule has 5 heteroatoms. The Morgan fingerprint density at radius 1 is 1.00 bits per heavy atom. The van der Waals surface area contributed by atoms with Crippen molar-refractivity contribution in [3.8, 4) is 22.9 Å². The number of rotatable bonds is 3. The maximum atomic E-state index is 5.30. The number of methoxy groups -OCH3 is 2. The minimum Gasteiger partial charge on any atom is -0.497 e. The molecular weight excluding hydrogens is 242 g/mol. The monoisotopic (exact) mass is 259 g/mol. The third-order valence-corrected chi connectivity index (χ3v) is 3.47. The number of fused-ring (bicyclic) bond motifs is 1. The molecule has 0 unspecified atom stereocenters. The van der Waals surface area contributed by atoms with Crippen LogP contribution in [0.25, 0.3) is 11.4 Å². The summed E-state index contributed by atoms with van der Waals surface area (Å²) >= 11 is 0. The molecular formula is C14H17N3O2. The standard InChI is InChI=1S/C14H17N3O2/c1-18-11-7-10(8-12(9-11)19-2)14-16-15-13-5-3-4-6-17(13)14/h7-9H,3-6H2,1-2H3. The van der Waals surface area contributed by atoms with Crippen LogP contribution in [0.1, 0.15) is 18.7 Å². The summed E-state index contributed by atoms with van der Waals surface area (Å²) in [5.74, 6) is 3.50. The van der Waals surface area contributed by atoms with Gasteiger partial charge in [0.1, 0.15) is 17.3 Å². The van der Waals surface area contributed by atoms with Crippen LogP contribution >= 0.6 is 0 Å². The zero-order chi connectivity index (χ0) is 13.2. The Morgan fingerprint density at radius 2 is 1.74 bits per heavy atom. The van der Waals surface area contributed by atoms with E-state index in [2.05, 4.69) is 14.8 Å². The van der Waals surface area contributed by atoms with E-state index in [-0.39, 0.29) is 0 Å². The van der Waals surface area contributed by atoms with Gasteiger partial charge in [-0.3, -0.25) is 0 Å². The molecule has 0 spiro atoms. The second kappa shape index (κ2) is 4.91. The Morgan fingerprint density at radius 3 is 2.42 bits per heavy atom. The topological polar surface area (TPSA) is 49.2 Å². The third kappa shape index (κ3) is 2.16. The van der Waals surface area contributed by atoms with Gasteiger partial charge in [-0.25, -0.2) is 0 Å². The summed E-state index contributed by atoms with van der Waals surface area (Å²) in [6, 6.07) is 5.79. The highest BCUT2D eigenvalue weighted by Crippen LogP contribution is 2.30. The van der Waals surface area contributed by atoms with Gasteiger partial charge >= 0.3 is 0 Å². The highest BCUT2D eigenvalue weighted by molar-refractivity contribution is 5.61. The van der Waals surface area contributed by atoms with Crippen LogP contribution in [0.3, 0.4) is 0 Å². The van der Waals surface area contributed by atoms with Gasteiger partial charge in [-0.1, -0.05) is 0 Å². The molecule has 0 atom stereocenters. The second-order valence-electron chi connectivity index (χ2n) is 4.65. The molecule has 0 fully saturated rings. The predicted octanol–water partition coefficient (Wildman–Crippen LogP) is 2.30. The molecule has 2 aromatic rings. The summed E-state index contributed by atoms with van der Waals surface area (Å²) in [6.45, 7) is 0.983. The molecule has 100 valence electrons. The van der Waals surface area contributed by atoms with Gasteiger partial charge in [-0.2, -0.15) is 0 Å². The van der Waals surface area contributed by atoms with E-state index in [1.807, 2.05) is 18.2 Å². The molecule has 0 saturated heterocycles. The highest BCUT2D eigenvalue weighted by Gasteiger charge is 2.17. The van der Waals surface area contributed by atoms with Crippen molar-refractivity contribution in [2.45, 2.75) is 25.8 Å². The van der Waals surface area contributed by atoms with Gasteiger partial charge < -0.3 is 14.0 Å². The molecule has 1 aromatic heterocycles. The van der Waals surface area contributed by atoms with Crippen LogP contribution < -0.4 is 9.47 Å². The minimum atomic E-state index is 0.766. The van der Waals surface area contributed by atoms with E-state index in [9.17, 15) is 0 Å². The number of ether oxygens (including phenoxy) is 2. The van der Waals surface area contributed by atoms with Crippen molar-refractivity contribution in [1.82, 2.24) is 14.8 Å². The first kappa shape index (κ1) is 12.0. The molecule has 3 rings (SSSR count). The first-order valence-electron chi connectivity index (χ1n) is 6.47. The molecule has 2 heterocycles. The lowest BCUT2D eigenvalue weighted by molar-refractivity contribution is 0.394. The van der Waals surface area contributed by atoms with Gasteiger partial charge in [0.15, 0.2) is 5.82 Å². The number of aryl methyl sites for hydroxylation is 1. The maximum Gasteiger partial charge on any atom is 0.164 e. The van der Waals surface area contributed by atoms with E-state index in [4.69, 9.17) is 9.47 Å². The highest BCUT2D eigenvalue weighted by atomic mass is 16.5. The largest absolute Gasteiger partial charge is 0.497 e. The number of aromatic nitrogens is 3. The molecule has 5 nitrogen and oxygen atoms in total. The molecule has 0 bridgehead atoms. The van der Waals surface area contributed by atoms with Crippen molar-refractivity contribution in [3.63, 3.8) is 0 Å². The van der Waals surface area contributed by atoms with Gasteiger partial charge in [0, 0.05) is 24.6 Å². The molecule has 0 saturated carbocycles. The maximum absolute atomic E-state index is 5.30. The number of benzene rings is 1. The van der Waals surface area contributed by atoms with Crippen LogP contribution in [0.15, 0.2) is 18.2 Å². The average Bonchev–Trinajstić information content (AvgIpc) is 2.90. The summed E-state index contributed by atoms with van der Waals surface area (Å²) in [5, 5.41) is 8.60. The normalized spacial score (nSPS) is 14.0. The molecule has 1 aliphatic rings. The van der Waals surface area contributed by atoms with Crippen LogP contribution in [0.2, 0.25) is 0 Å². The average molecular weight is 259 g/mol. The van der Waals surface area contributed by atoms with Crippen LogP contribution in [0.4, 0.5) is 0 Å². The summed E-state index contributed by atoms with van der Waals surface area (Å²) in [4.78, 5) is 0. The van der Waals surface area contributed by atoms with E-state index in [1.54, 1.807) is 14.2 Å². The van der Waals surface area contributed by atoms with Crippen LogP contribution in [0.5, 0.6) is 11.5 Å². The van der Waals surface area contributed by atoms with Gasteiger partial charge in [0.25, 0.3) is 0 Å². The minimum absolute atomic E-state index is 0.766. The third-order valence-electron chi connectivity index (χ3n) is 3.47. The number of hydrogen-bond donors (Lipinski definition) is 0. The fourth-order valence-corrected chi connectivity index (χ4v) is 2.46. The quantitative estimate of drug-likeness (QED) is 0.848. The van der Waals surface area contributed by atoms with Crippen LogP contribution in [-0.2, 0) is 13.0 Å². The fourth-order valence-electron chi connectivity index (χ4n) is 2.46. The summed E-state index contributed by atoms with van der Waals surface area (Å²) in [5.41, 5.74) is 0.983. The van der Waals surface area contributed by atoms with Gasteiger partial charge in [0.05, 0.1) is 14.2 Å². The molecule has 0 N–H and O–H groups in total. The van der Waals surface area contributed by atoms with Gasteiger partial charge in [-0.05, 0) is 25.0 Å². The Labute approximate surface area is 112 Å². The Bertz CT molecular complexity index is 570. The SMILES string of the molecule is COc1cc(OC)cc(-c2nnc3n2CCCC3)c1. The van der Waals surface area contributed by atoms with Crippen LogP contribution in [0, 0.1) is 0 Å². The van der Waals surface area contributed by atoms with Crippen molar-refractivity contribution in [3.05, 3.63) is 24.0 Å².